The van der Waals surface area contributed by atoms with Gasteiger partial charge in [-0.2, -0.15) is 13.2 Å². The van der Waals surface area contributed by atoms with Gasteiger partial charge in [0.25, 0.3) is 0 Å². The summed E-state index contributed by atoms with van der Waals surface area (Å²) < 4.78 is 37.1. The molecule has 0 bridgehead atoms. The molecule has 0 radical (unpaired) electrons. The van der Waals surface area contributed by atoms with E-state index in [-0.39, 0.29) is 6.54 Å². The van der Waals surface area contributed by atoms with E-state index in [1.165, 1.54) is 6.92 Å². The highest BCUT2D eigenvalue weighted by molar-refractivity contribution is 5.81. The van der Waals surface area contributed by atoms with Crippen molar-refractivity contribution in [2.45, 2.75) is 31.2 Å². The average molecular weight is 226 g/mol. The summed E-state index contributed by atoms with van der Waals surface area (Å²) >= 11 is 0. The largest absolute Gasteiger partial charge is 0.419 e. The second-order valence-corrected chi connectivity index (χ2v) is 3.83. The lowest BCUT2D eigenvalue weighted by Gasteiger charge is -2.26. The molecule has 0 saturated carbocycles. The van der Waals surface area contributed by atoms with Crippen LogP contribution in [-0.2, 0) is 4.79 Å². The lowest BCUT2D eigenvalue weighted by atomic mass is 10.0. The molecule has 1 unspecified atom stereocenters. The molecule has 0 aromatic rings. The highest BCUT2D eigenvalue weighted by atomic mass is 19.4. The van der Waals surface area contributed by atoms with E-state index in [4.69, 9.17) is 5.73 Å². The summed E-state index contributed by atoms with van der Waals surface area (Å²) in [5, 5.41) is 9.27. The van der Waals surface area contributed by atoms with Crippen LogP contribution in [0.2, 0.25) is 0 Å². The fourth-order valence-electron chi connectivity index (χ4n) is 1.50. The maximum Gasteiger partial charge on any atom is 0.419 e. The summed E-state index contributed by atoms with van der Waals surface area (Å²) in [7, 11) is 0. The Kier molecular flexibility index (Phi) is 2.97. The van der Waals surface area contributed by atoms with Crippen LogP contribution in [0.25, 0.3) is 0 Å². The van der Waals surface area contributed by atoms with Crippen molar-refractivity contribution >= 4 is 5.91 Å². The minimum atomic E-state index is -4.71. The van der Waals surface area contributed by atoms with Gasteiger partial charge < -0.3 is 15.7 Å². The number of halogens is 3. The molecule has 0 spiro atoms. The number of alkyl halides is 3. The van der Waals surface area contributed by atoms with Crippen molar-refractivity contribution in [2.24, 2.45) is 5.73 Å². The first kappa shape index (κ1) is 12.3. The lowest BCUT2D eigenvalue weighted by Crippen LogP contribution is -2.49. The number of hydrogen-bond acceptors (Lipinski definition) is 3. The molecule has 1 heterocycles. The van der Waals surface area contributed by atoms with E-state index in [0.717, 1.165) is 4.90 Å². The molecule has 0 aromatic carbocycles. The van der Waals surface area contributed by atoms with Crippen molar-refractivity contribution in [1.82, 2.24) is 4.90 Å². The number of amides is 1. The number of rotatable bonds is 1. The van der Waals surface area contributed by atoms with Crippen molar-refractivity contribution < 1.29 is 23.1 Å². The molecular weight excluding hydrogens is 213 g/mol. The number of nitrogens with two attached hydrogens (primary N) is 1. The summed E-state index contributed by atoms with van der Waals surface area (Å²) in [6.07, 6.45) is -5.20. The zero-order valence-corrected chi connectivity index (χ0v) is 8.21. The number of carbonyl (C=O) groups is 1. The monoisotopic (exact) mass is 226 g/mol. The van der Waals surface area contributed by atoms with Crippen LogP contribution in [0, 0.1) is 0 Å². The van der Waals surface area contributed by atoms with Gasteiger partial charge in [0, 0.05) is 13.0 Å². The number of carbonyl (C=O) groups excluding carboxylic acids is 1. The Morgan fingerprint density at radius 2 is 2.13 bits per heavy atom. The van der Waals surface area contributed by atoms with E-state index >= 15 is 0 Å². The van der Waals surface area contributed by atoms with Crippen LogP contribution in [0.5, 0.6) is 0 Å². The standard InChI is InChI=1S/C8H13F3N2O2/c1-5(12)6(14)13-3-2-7(15,4-13)8(9,10)11/h5,15H,2-4,12H2,1H3/t5-,7?/m1/s1. The summed E-state index contributed by atoms with van der Waals surface area (Å²) in [6.45, 7) is 0.556. The summed E-state index contributed by atoms with van der Waals surface area (Å²) in [4.78, 5) is 12.2. The van der Waals surface area contributed by atoms with Crippen LogP contribution >= 0.6 is 0 Å². The van der Waals surface area contributed by atoms with Crippen molar-refractivity contribution in [3.05, 3.63) is 0 Å². The van der Waals surface area contributed by atoms with E-state index < -0.39 is 36.7 Å². The number of aliphatic hydroxyl groups is 1. The Labute approximate surface area is 84.8 Å². The van der Waals surface area contributed by atoms with Crippen LogP contribution in [0.1, 0.15) is 13.3 Å². The van der Waals surface area contributed by atoms with Gasteiger partial charge in [-0.3, -0.25) is 4.79 Å². The summed E-state index contributed by atoms with van der Waals surface area (Å²) in [5.74, 6) is -0.574. The molecular formula is C8H13F3N2O2. The van der Waals surface area contributed by atoms with E-state index in [0.29, 0.717) is 0 Å². The maximum absolute atomic E-state index is 12.4. The first-order chi connectivity index (χ1) is 6.67. The zero-order chi connectivity index (χ0) is 11.9. The quantitative estimate of drug-likeness (QED) is 0.654. The normalized spacial score (nSPS) is 29.3. The average Bonchev–Trinajstić information content (AvgIpc) is 2.46. The van der Waals surface area contributed by atoms with Gasteiger partial charge >= 0.3 is 6.18 Å². The van der Waals surface area contributed by atoms with Crippen molar-refractivity contribution in [3.8, 4) is 0 Å². The van der Waals surface area contributed by atoms with E-state index in [9.17, 15) is 23.1 Å². The Morgan fingerprint density at radius 1 is 1.60 bits per heavy atom. The van der Waals surface area contributed by atoms with Crippen LogP contribution in [0.3, 0.4) is 0 Å². The Bertz CT molecular complexity index is 267. The molecule has 2 atom stereocenters. The van der Waals surface area contributed by atoms with Crippen molar-refractivity contribution in [1.29, 1.82) is 0 Å². The number of β-amino-alcohol motifs (C(OH)–C–C–N with tert-alkyl or cyclic N) is 1. The van der Waals surface area contributed by atoms with Crippen molar-refractivity contribution in [2.75, 3.05) is 13.1 Å². The highest BCUT2D eigenvalue weighted by Crippen LogP contribution is 2.37. The van der Waals surface area contributed by atoms with E-state index in [2.05, 4.69) is 0 Å². The van der Waals surface area contributed by atoms with Gasteiger partial charge in [-0.15, -0.1) is 0 Å². The third-order valence-corrected chi connectivity index (χ3v) is 2.48. The first-order valence-electron chi connectivity index (χ1n) is 4.51. The third-order valence-electron chi connectivity index (χ3n) is 2.48. The van der Waals surface area contributed by atoms with Gasteiger partial charge in [0.05, 0.1) is 12.6 Å². The first-order valence-corrected chi connectivity index (χ1v) is 4.51. The zero-order valence-electron chi connectivity index (χ0n) is 8.21. The molecule has 1 aliphatic rings. The van der Waals surface area contributed by atoms with Gasteiger partial charge in [-0.25, -0.2) is 0 Å². The predicted octanol–water partition coefficient (Wildman–Crippen LogP) is -0.141. The summed E-state index contributed by atoms with van der Waals surface area (Å²) in [5.41, 5.74) is 2.48. The van der Waals surface area contributed by atoms with Crippen LogP contribution in [-0.4, -0.2) is 46.8 Å². The molecule has 1 amide bonds. The summed E-state index contributed by atoms with van der Waals surface area (Å²) in [6, 6.07) is -0.847. The maximum atomic E-state index is 12.4. The second-order valence-electron chi connectivity index (χ2n) is 3.83. The van der Waals surface area contributed by atoms with E-state index in [1.807, 2.05) is 0 Å². The minimum Gasteiger partial charge on any atom is -0.379 e. The fourth-order valence-corrected chi connectivity index (χ4v) is 1.50. The second kappa shape index (κ2) is 3.64. The Balaban J connectivity index is 2.71. The third kappa shape index (κ3) is 2.23. The lowest BCUT2D eigenvalue weighted by molar-refractivity contribution is -0.253. The molecule has 3 N–H and O–H groups in total. The number of hydrogen-bond donors (Lipinski definition) is 2. The van der Waals surface area contributed by atoms with Gasteiger partial charge in [0.1, 0.15) is 0 Å². The SMILES string of the molecule is C[C@@H](N)C(=O)N1CCC(O)(C(F)(F)F)C1. The molecule has 0 aliphatic carbocycles. The van der Waals surface area contributed by atoms with Crippen molar-refractivity contribution in [3.63, 3.8) is 0 Å². The Hall–Kier alpha value is -0.820. The van der Waals surface area contributed by atoms with Gasteiger partial charge in [-0.05, 0) is 6.92 Å². The minimum absolute atomic E-state index is 0.115. The molecule has 15 heavy (non-hydrogen) atoms. The highest BCUT2D eigenvalue weighted by Gasteiger charge is 2.57. The smallest absolute Gasteiger partial charge is 0.379 e. The Morgan fingerprint density at radius 3 is 2.47 bits per heavy atom. The topological polar surface area (TPSA) is 66.6 Å². The van der Waals surface area contributed by atoms with E-state index in [1.54, 1.807) is 0 Å². The number of nitrogens with zero attached hydrogens (tertiary/aromatic N) is 1. The molecule has 1 aliphatic heterocycles. The van der Waals surface area contributed by atoms with Gasteiger partial charge in [-0.1, -0.05) is 0 Å². The van der Waals surface area contributed by atoms with Crippen LogP contribution in [0.4, 0.5) is 13.2 Å². The molecule has 1 saturated heterocycles. The predicted molar refractivity (Wildman–Crippen MR) is 45.9 cm³/mol. The number of likely N-dealkylation sites (tertiary alicyclic amines) is 1. The molecule has 7 heteroatoms. The molecule has 4 nitrogen and oxygen atoms in total. The molecule has 0 aromatic heterocycles. The van der Waals surface area contributed by atoms with Crippen LogP contribution < -0.4 is 5.73 Å². The van der Waals surface area contributed by atoms with Crippen LogP contribution in [0.15, 0.2) is 0 Å². The fraction of sp³-hybridized carbons (Fsp3) is 0.875. The molecule has 1 fully saturated rings. The molecule has 1 rings (SSSR count). The van der Waals surface area contributed by atoms with Gasteiger partial charge in [0.15, 0.2) is 5.60 Å². The van der Waals surface area contributed by atoms with Gasteiger partial charge in [0.2, 0.25) is 5.91 Å². The molecule has 88 valence electrons.